The fourth-order valence-electron chi connectivity index (χ4n) is 1.25. The Hall–Kier alpha value is -0.930. The fraction of sp³-hybridized carbons (Fsp3) is 0.182. The van der Waals surface area contributed by atoms with Gasteiger partial charge >= 0.3 is 4.74 Å². The van der Waals surface area contributed by atoms with E-state index in [2.05, 4.69) is 17.5 Å². The second-order valence-corrected chi connectivity index (χ2v) is 4.84. The fourth-order valence-corrected chi connectivity index (χ4v) is 3.34. The summed E-state index contributed by atoms with van der Waals surface area (Å²) in [4.78, 5) is 0. The van der Waals surface area contributed by atoms with Crippen molar-refractivity contribution in [3.8, 4) is 11.1 Å². The average molecular weight is 223 g/mol. The summed E-state index contributed by atoms with van der Waals surface area (Å²) in [5.41, 5.74) is 2.44. The Morgan fingerprint density at radius 3 is 2.71 bits per heavy atom. The molecule has 0 amide bonds. The zero-order valence-electron chi connectivity index (χ0n) is 7.90. The van der Waals surface area contributed by atoms with E-state index < -0.39 is 0 Å². The van der Waals surface area contributed by atoms with E-state index in [0.29, 0.717) is 0 Å². The molecule has 0 saturated carbocycles. The molecule has 0 atom stereocenters. The minimum absolute atomic E-state index is 0.729. The standard InChI is InChI=1S/C11H11OS2/c1-2-12-11-10(8-13-14-11)9-6-4-3-5-7-9/h3-8H,2H2,1H3/q+1. The normalized spacial score (nSPS) is 11.9. The highest BCUT2D eigenvalue weighted by Gasteiger charge is 2.09. The van der Waals surface area contributed by atoms with Crippen LogP contribution in [-0.4, -0.2) is 6.61 Å². The van der Waals surface area contributed by atoms with Gasteiger partial charge in [-0.15, -0.1) is 0 Å². The maximum atomic E-state index is 5.56. The van der Waals surface area contributed by atoms with Crippen LogP contribution in [-0.2, 0) is 0 Å². The van der Waals surface area contributed by atoms with Crippen LogP contribution in [0.1, 0.15) is 6.92 Å². The van der Waals surface area contributed by atoms with Crippen molar-refractivity contribution in [2.24, 2.45) is 0 Å². The van der Waals surface area contributed by atoms with E-state index in [1.165, 1.54) is 11.1 Å². The number of hydrogen-bond acceptors (Lipinski definition) is 2. The molecule has 2 aromatic rings. The largest absolute Gasteiger partial charge is 0.419 e. The second-order valence-electron chi connectivity index (χ2n) is 2.80. The van der Waals surface area contributed by atoms with Gasteiger partial charge in [-0.3, -0.25) is 0 Å². The molecule has 0 aliphatic rings. The molecule has 0 spiro atoms. The topological polar surface area (TPSA) is 11.3 Å². The molecule has 0 aliphatic heterocycles. The van der Waals surface area contributed by atoms with Crippen LogP contribution in [0.4, 0.5) is 0 Å². The summed E-state index contributed by atoms with van der Waals surface area (Å²) in [6.07, 6.45) is 0. The van der Waals surface area contributed by atoms with Gasteiger partial charge in [0.1, 0.15) is 5.56 Å². The molecule has 0 unspecified atom stereocenters. The van der Waals surface area contributed by atoms with Gasteiger partial charge in [-0.1, -0.05) is 40.7 Å². The van der Waals surface area contributed by atoms with Gasteiger partial charge in [0.05, 0.1) is 0 Å². The highest BCUT2D eigenvalue weighted by Crippen LogP contribution is 2.19. The highest BCUT2D eigenvalue weighted by atomic mass is 32.9. The molecular weight excluding hydrogens is 212 g/mol. The van der Waals surface area contributed by atoms with Crippen molar-refractivity contribution in [3.05, 3.63) is 44.9 Å². The summed E-state index contributed by atoms with van der Waals surface area (Å²) in [6.45, 7) is 2.74. The SMILES string of the molecule is CC[O+]=c1sscc1-c1ccccc1. The van der Waals surface area contributed by atoms with Crippen LogP contribution >= 0.6 is 20.7 Å². The average Bonchev–Trinajstić information content (AvgIpc) is 2.68. The van der Waals surface area contributed by atoms with Gasteiger partial charge in [-0.2, -0.15) is 0 Å². The maximum Gasteiger partial charge on any atom is 0.419 e. The monoisotopic (exact) mass is 223 g/mol. The van der Waals surface area contributed by atoms with Crippen LogP contribution in [0, 0.1) is 0 Å². The molecule has 1 nitrogen and oxygen atoms in total. The molecule has 0 fully saturated rings. The summed E-state index contributed by atoms with van der Waals surface area (Å²) < 4.78 is 6.59. The zero-order valence-corrected chi connectivity index (χ0v) is 9.53. The Labute approximate surface area is 90.4 Å². The molecular formula is C11H11OS2+. The van der Waals surface area contributed by atoms with Crippen molar-refractivity contribution in [1.82, 2.24) is 0 Å². The Morgan fingerprint density at radius 1 is 1.21 bits per heavy atom. The van der Waals surface area contributed by atoms with E-state index in [-0.39, 0.29) is 0 Å². The first-order chi connectivity index (χ1) is 6.92. The first-order valence-corrected chi connectivity index (χ1v) is 6.72. The Bertz CT molecular complexity index is 453. The molecule has 3 heteroatoms. The van der Waals surface area contributed by atoms with Crippen LogP contribution in [0.2, 0.25) is 0 Å². The predicted octanol–water partition coefficient (Wildman–Crippen LogP) is 3.39. The van der Waals surface area contributed by atoms with Crippen molar-refractivity contribution in [3.63, 3.8) is 0 Å². The van der Waals surface area contributed by atoms with Crippen molar-refractivity contribution < 1.29 is 0 Å². The van der Waals surface area contributed by atoms with Crippen LogP contribution < -0.4 is 4.74 Å². The van der Waals surface area contributed by atoms with E-state index in [1.807, 2.05) is 25.1 Å². The van der Waals surface area contributed by atoms with Crippen molar-refractivity contribution in [1.29, 1.82) is 0 Å². The Kier molecular flexibility index (Phi) is 3.11. The molecule has 0 aliphatic carbocycles. The summed E-state index contributed by atoms with van der Waals surface area (Å²) in [5, 5.41) is 2.14. The summed E-state index contributed by atoms with van der Waals surface area (Å²) in [5.74, 6) is 0. The molecule has 1 aromatic carbocycles. The van der Waals surface area contributed by atoms with Crippen LogP contribution in [0.25, 0.3) is 11.1 Å². The lowest BCUT2D eigenvalue weighted by molar-refractivity contribution is 1.27. The van der Waals surface area contributed by atoms with Crippen LogP contribution in [0.15, 0.2) is 40.1 Å². The second kappa shape index (κ2) is 4.53. The molecule has 1 heterocycles. The van der Waals surface area contributed by atoms with E-state index in [9.17, 15) is 0 Å². The first kappa shape index (κ1) is 9.62. The van der Waals surface area contributed by atoms with Gasteiger partial charge in [0.15, 0.2) is 0 Å². The predicted molar refractivity (Wildman–Crippen MR) is 64.4 cm³/mol. The maximum absolute atomic E-state index is 5.56. The summed E-state index contributed by atoms with van der Waals surface area (Å²) >= 11 is 0. The van der Waals surface area contributed by atoms with Gasteiger partial charge in [0.2, 0.25) is 0 Å². The van der Waals surface area contributed by atoms with Gasteiger partial charge in [0.25, 0.3) is 6.61 Å². The molecule has 72 valence electrons. The number of rotatable bonds is 2. The Balaban J connectivity index is 2.53. The molecule has 0 radical (unpaired) electrons. The summed E-state index contributed by atoms with van der Waals surface area (Å²) in [7, 11) is 3.41. The first-order valence-electron chi connectivity index (χ1n) is 4.51. The molecule has 1 aromatic heterocycles. The van der Waals surface area contributed by atoms with Crippen LogP contribution in [0.5, 0.6) is 0 Å². The van der Waals surface area contributed by atoms with Crippen LogP contribution in [0.3, 0.4) is 0 Å². The minimum atomic E-state index is 0.729. The van der Waals surface area contributed by atoms with E-state index in [4.69, 9.17) is 4.42 Å². The van der Waals surface area contributed by atoms with E-state index in [1.54, 1.807) is 20.7 Å². The van der Waals surface area contributed by atoms with Gasteiger partial charge in [0, 0.05) is 22.6 Å². The third-order valence-electron chi connectivity index (χ3n) is 1.87. The van der Waals surface area contributed by atoms with E-state index >= 15 is 0 Å². The number of hydrogen-bond donors (Lipinski definition) is 0. The van der Waals surface area contributed by atoms with Crippen molar-refractivity contribution in [2.45, 2.75) is 6.92 Å². The Morgan fingerprint density at radius 2 is 2.00 bits per heavy atom. The zero-order chi connectivity index (χ0) is 9.80. The summed E-state index contributed by atoms with van der Waals surface area (Å²) in [6, 6.07) is 10.3. The quantitative estimate of drug-likeness (QED) is 0.546. The van der Waals surface area contributed by atoms with Gasteiger partial charge in [-0.25, -0.2) is 4.42 Å². The third kappa shape index (κ3) is 1.94. The third-order valence-corrected chi connectivity index (χ3v) is 3.82. The molecule has 0 bridgehead atoms. The highest BCUT2D eigenvalue weighted by molar-refractivity contribution is 7.68. The minimum Gasteiger partial charge on any atom is -0.243 e. The lowest BCUT2D eigenvalue weighted by Crippen LogP contribution is -1.97. The lowest BCUT2D eigenvalue weighted by Gasteiger charge is -1.90. The molecule has 0 saturated heterocycles. The van der Waals surface area contributed by atoms with Crippen molar-refractivity contribution in [2.75, 3.05) is 6.61 Å². The molecule has 2 rings (SSSR count). The number of benzene rings is 1. The van der Waals surface area contributed by atoms with E-state index in [0.717, 1.165) is 11.3 Å². The lowest BCUT2D eigenvalue weighted by atomic mass is 10.1. The molecule has 0 N–H and O–H groups in total. The smallest absolute Gasteiger partial charge is 0.243 e. The van der Waals surface area contributed by atoms with Crippen molar-refractivity contribution >= 4 is 20.7 Å². The van der Waals surface area contributed by atoms with Gasteiger partial charge in [-0.05, 0) is 5.56 Å². The van der Waals surface area contributed by atoms with Gasteiger partial charge < -0.3 is 0 Å². The molecule has 14 heavy (non-hydrogen) atoms.